The minimum Gasteiger partial charge on any atom is -0.493 e. The summed E-state index contributed by atoms with van der Waals surface area (Å²) in [5.41, 5.74) is 0.995. The van der Waals surface area contributed by atoms with Gasteiger partial charge in [0.15, 0.2) is 11.5 Å². The number of ether oxygens (including phenoxy) is 3. The molecule has 23 heavy (non-hydrogen) atoms. The number of likely N-dealkylation sites (N-methyl/N-ethyl adjacent to an activating group) is 1. The van der Waals surface area contributed by atoms with Crippen molar-refractivity contribution in [2.45, 2.75) is 12.7 Å². The first kappa shape index (κ1) is 18.0. The first-order valence-electron chi connectivity index (χ1n) is 8.00. The average molecular weight is 324 g/mol. The van der Waals surface area contributed by atoms with Gasteiger partial charge in [0.05, 0.1) is 33.5 Å². The van der Waals surface area contributed by atoms with Crippen molar-refractivity contribution in [3.63, 3.8) is 0 Å². The lowest BCUT2D eigenvalue weighted by Crippen LogP contribution is -2.47. The fraction of sp³-hybridized carbons (Fsp3) is 0.647. The molecule has 6 nitrogen and oxygen atoms in total. The molecule has 0 aliphatic carbocycles. The van der Waals surface area contributed by atoms with Gasteiger partial charge in [0.2, 0.25) is 0 Å². The van der Waals surface area contributed by atoms with Crippen molar-refractivity contribution in [1.29, 1.82) is 0 Å². The van der Waals surface area contributed by atoms with Crippen molar-refractivity contribution in [3.8, 4) is 11.5 Å². The summed E-state index contributed by atoms with van der Waals surface area (Å²) in [6, 6.07) is 5.69. The summed E-state index contributed by atoms with van der Waals surface area (Å²) >= 11 is 0. The molecule has 130 valence electrons. The van der Waals surface area contributed by atoms with Gasteiger partial charge in [0.25, 0.3) is 0 Å². The zero-order valence-electron chi connectivity index (χ0n) is 14.3. The van der Waals surface area contributed by atoms with Crippen LogP contribution in [0.25, 0.3) is 0 Å². The highest BCUT2D eigenvalue weighted by molar-refractivity contribution is 5.42. The Morgan fingerprint density at radius 2 is 1.78 bits per heavy atom. The van der Waals surface area contributed by atoms with E-state index in [9.17, 15) is 5.11 Å². The number of rotatable bonds is 8. The Kier molecular flexibility index (Phi) is 7.11. The van der Waals surface area contributed by atoms with Crippen molar-refractivity contribution in [2.75, 3.05) is 60.6 Å². The average Bonchev–Trinajstić information content (AvgIpc) is 2.56. The molecule has 1 aliphatic rings. The quantitative estimate of drug-likeness (QED) is 0.764. The number of hydrogen-bond donors (Lipinski definition) is 1. The normalized spacial score (nSPS) is 17.9. The number of aliphatic hydroxyl groups excluding tert-OH is 1. The van der Waals surface area contributed by atoms with Crippen LogP contribution in [-0.2, 0) is 11.3 Å². The van der Waals surface area contributed by atoms with Crippen LogP contribution < -0.4 is 9.47 Å². The highest BCUT2D eigenvalue weighted by Gasteiger charge is 2.17. The lowest BCUT2D eigenvalue weighted by Gasteiger charge is -2.33. The van der Waals surface area contributed by atoms with Gasteiger partial charge in [0, 0.05) is 32.7 Å². The summed E-state index contributed by atoms with van der Waals surface area (Å²) in [6.45, 7) is 5.56. The molecule has 0 bridgehead atoms. The van der Waals surface area contributed by atoms with Crippen molar-refractivity contribution in [3.05, 3.63) is 23.8 Å². The van der Waals surface area contributed by atoms with Gasteiger partial charge in [-0.1, -0.05) is 6.07 Å². The molecule has 0 aromatic heterocycles. The number of benzene rings is 1. The van der Waals surface area contributed by atoms with Crippen LogP contribution in [0.5, 0.6) is 11.5 Å². The molecule has 0 amide bonds. The fourth-order valence-electron chi connectivity index (χ4n) is 2.66. The summed E-state index contributed by atoms with van der Waals surface area (Å²) < 4.78 is 16.1. The molecule has 0 radical (unpaired) electrons. The molecule has 1 atom stereocenters. The van der Waals surface area contributed by atoms with Gasteiger partial charge in [-0.15, -0.1) is 0 Å². The molecule has 1 heterocycles. The van der Waals surface area contributed by atoms with Gasteiger partial charge in [0.1, 0.15) is 0 Å². The van der Waals surface area contributed by atoms with E-state index in [-0.39, 0.29) is 0 Å². The van der Waals surface area contributed by atoms with E-state index >= 15 is 0 Å². The second kappa shape index (κ2) is 9.08. The van der Waals surface area contributed by atoms with Crippen LogP contribution in [0.1, 0.15) is 5.56 Å². The van der Waals surface area contributed by atoms with Crippen LogP contribution in [0.4, 0.5) is 0 Å². The van der Waals surface area contributed by atoms with E-state index in [1.54, 1.807) is 14.2 Å². The monoisotopic (exact) mass is 324 g/mol. The lowest BCUT2D eigenvalue weighted by molar-refractivity contribution is 0.00292. The molecule has 1 unspecified atom stereocenters. The zero-order chi connectivity index (χ0) is 16.7. The number of hydrogen-bond acceptors (Lipinski definition) is 6. The third kappa shape index (κ3) is 5.66. The third-order valence-corrected chi connectivity index (χ3v) is 4.09. The van der Waals surface area contributed by atoms with Crippen LogP contribution in [-0.4, -0.2) is 81.6 Å². The molecule has 1 N–H and O–H groups in total. The number of piperazine rings is 1. The van der Waals surface area contributed by atoms with Crippen molar-refractivity contribution >= 4 is 0 Å². The predicted octanol–water partition coefficient (Wildman–Crippen LogP) is 0.829. The van der Waals surface area contributed by atoms with Crippen LogP contribution >= 0.6 is 0 Å². The fourth-order valence-corrected chi connectivity index (χ4v) is 2.66. The minimum atomic E-state index is -0.460. The largest absolute Gasteiger partial charge is 0.493 e. The molecular formula is C17H28N2O4. The first-order valence-corrected chi connectivity index (χ1v) is 8.00. The smallest absolute Gasteiger partial charge is 0.161 e. The second-order valence-electron chi connectivity index (χ2n) is 5.96. The molecule has 0 spiro atoms. The molecule has 1 aromatic carbocycles. The summed E-state index contributed by atoms with van der Waals surface area (Å²) in [4.78, 5) is 4.58. The molecule has 1 aromatic rings. The highest BCUT2D eigenvalue weighted by atomic mass is 16.5. The second-order valence-corrected chi connectivity index (χ2v) is 5.96. The predicted molar refractivity (Wildman–Crippen MR) is 89.1 cm³/mol. The van der Waals surface area contributed by atoms with Crippen LogP contribution in [0, 0.1) is 0 Å². The maximum Gasteiger partial charge on any atom is 0.161 e. The maximum atomic E-state index is 10.1. The Morgan fingerprint density at radius 3 is 2.43 bits per heavy atom. The number of nitrogens with zero attached hydrogens (tertiary/aromatic N) is 2. The van der Waals surface area contributed by atoms with Crippen molar-refractivity contribution in [2.24, 2.45) is 0 Å². The van der Waals surface area contributed by atoms with Gasteiger partial charge >= 0.3 is 0 Å². The van der Waals surface area contributed by atoms with E-state index in [0.29, 0.717) is 31.3 Å². The van der Waals surface area contributed by atoms with Gasteiger partial charge in [-0.25, -0.2) is 0 Å². The third-order valence-electron chi connectivity index (χ3n) is 4.09. The molecule has 6 heteroatoms. The Labute approximate surface area is 138 Å². The Balaban J connectivity index is 1.72. The molecule has 0 saturated carbocycles. The zero-order valence-corrected chi connectivity index (χ0v) is 14.3. The number of β-amino-alcohol motifs (C(OH)–C–C–N with tert-alkyl or cyclic N) is 1. The summed E-state index contributed by atoms with van der Waals surface area (Å²) in [6.07, 6.45) is -0.460. The van der Waals surface area contributed by atoms with E-state index in [1.807, 2.05) is 18.2 Å². The standard InChI is InChI=1S/C17H28N2O4/c1-18-6-8-19(9-7-18)11-15(20)13-23-12-14-4-5-16(21-2)17(10-14)22-3/h4-5,10,15,20H,6-9,11-13H2,1-3H3. The lowest BCUT2D eigenvalue weighted by atomic mass is 10.2. The van der Waals surface area contributed by atoms with E-state index in [2.05, 4.69) is 16.8 Å². The molecule has 2 rings (SSSR count). The topological polar surface area (TPSA) is 54.4 Å². The van der Waals surface area contributed by atoms with Gasteiger partial charge in [-0.3, -0.25) is 4.90 Å². The van der Waals surface area contributed by atoms with Crippen molar-refractivity contribution in [1.82, 2.24) is 9.80 Å². The van der Waals surface area contributed by atoms with E-state index in [0.717, 1.165) is 31.7 Å². The summed E-state index contributed by atoms with van der Waals surface area (Å²) in [5, 5.41) is 10.1. The Morgan fingerprint density at radius 1 is 1.09 bits per heavy atom. The molecule has 1 aliphatic heterocycles. The Hall–Kier alpha value is -1.34. The van der Waals surface area contributed by atoms with Gasteiger partial charge < -0.3 is 24.2 Å². The molecule has 1 fully saturated rings. The number of methoxy groups -OCH3 is 2. The highest BCUT2D eigenvalue weighted by Crippen LogP contribution is 2.27. The van der Waals surface area contributed by atoms with Crippen LogP contribution in [0.3, 0.4) is 0 Å². The SMILES string of the molecule is COc1ccc(COCC(O)CN2CCN(C)CC2)cc1OC. The maximum absolute atomic E-state index is 10.1. The van der Waals surface area contributed by atoms with Crippen LogP contribution in [0.2, 0.25) is 0 Å². The van der Waals surface area contributed by atoms with E-state index < -0.39 is 6.10 Å². The van der Waals surface area contributed by atoms with Crippen LogP contribution in [0.15, 0.2) is 18.2 Å². The summed E-state index contributed by atoms with van der Waals surface area (Å²) in [7, 11) is 5.35. The Bertz CT molecular complexity index is 476. The van der Waals surface area contributed by atoms with E-state index in [4.69, 9.17) is 14.2 Å². The molecular weight excluding hydrogens is 296 g/mol. The van der Waals surface area contributed by atoms with Gasteiger partial charge in [-0.2, -0.15) is 0 Å². The first-order chi connectivity index (χ1) is 11.1. The molecule has 1 saturated heterocycles. The number of aliphatic hydroxyl groups is 1. The van der Waals surface area contributed by atoms with E-state index in [1.165, 1.54) is 0 Å². The summed E-state index contributed by atoms with van der Waals surface area (Å²) in [5.74, 6) is 1.39. The minimum absolute atomic E-state index is 0.334. The van der Waals surface area contributed by atoms with Crippen molar-refractivity contribution < 1.29 is 19.3 Å². The van der Waals surface area contributed by atoms with Gasteiger partial charge in [-0.05, 0) is 24.7 Å².